The highest BCUT2D eigenvalue weighted by Gasteiger charge is 2.34. The third-order valence-corrected chi connectivity index (χ3v) is 6.57. The van der Waals surface area contributed by atoms with Gasteiger partial charge in [0, 0.05) is 12.0 Å². The summed E-state index contributed by atoms with van der Waals surface area (Å²) in [5.74, 6) is 1.91. The molecule has 0 saturated heterocycles. The van der Waals surface area contributed by atoms with Gasteiger partial charge in [0.05, 0.1) is 30.7 Å². The van der Waals surface area contributed by atoms with E-state index in [0.29, 0.717) is 18.2 Å². The monoisotopic (exact) mass is 436 g/mol. The number of benzene rings is 1. The van der Waals surface area contributed by atoms with Crippen molar-refractivity contribution in [1.82, 2.24) is 14.9 Å². The third kappa shape index (κ3) is 4.29. The van der Waals surface area contributed by atoms with Crippen molar-refractivity contribution < 1.29 is 14.1 Å². The molecule has 1 N–H and O–H groups in total. The highest BCUT2D eigenvalue weighted by Crippen LogP contribution is 2.38. The molecule has 1 unspecified atom stereocenters. The second-order valence-electron chi connectivity index (χ2n) is 9.75. The first-order valence-electron chi connectivity index (χ1n) is 11.1. The van der Waals surface area contributed by atoms with Crippen molar-refractivity contribution in [2.24, 2.45) is 11.3 Å². The van der Waals surface area contributed by atoms with Crippen LogP contribution in [0.1, 0.15) is 66.0 Å². The fourth-order valence-corrected chi connectivity index (χ4v) is 4.47. The lowest BCUT2D eigenvalue weighted by Crippen LogP contribution is -2.27. The van der Waals surface area contributed by atoms with Crippen molar-refractivity contribution in [2.75, 3.05) is 12.4 Å². The molecule has 0 spiro atoms. The minimum atomic E-state index is -0.239. The van der Waals surface area contributed by atoms with Gasteiger partial charge in [0.25, 0.3) is 5.91 Å². The van der Waals surface area contributed by atoms with Crippen LogP contribution in [-0.4, -0.2) is 28.0 Å². The van der Waals surface area contributed by atoms with Gasteiger partial charge in [0.2, 0.25) is 0 Å². The molecule has 7 nitrogen and oxygen atoms in total. The summed E-state index contributed by atoms with van der Waals surface area (Å²) in [6, 6.07) is 7.90. The van der Waals surface area contributed by atoms with Crippen LogP contribution in [0.3, 0.4) is 0 Å². The molecule has 0 saturated carbocycles. The van der Waals surface area contributed by atoms with Crippen molar-refractivity contribution in [3.8, 4) is 5.75 Å². The fraction of sp³-hybridized carbons (Fsp3) is 0.480. The molecule has 170 valence electrons. The minimum Gasteiger partial charge on any atom is -0.497 e. The van der Waals surface area contributed by atoms with Crippen LogP contribution in [0.4, 0.5) is 5.69 Å². The lowest BCUT2D eigenvalue weighted by atomic mass is 9.71. The third-order valence-electron chi connectivity index (χ3n) is 6.57. The zero-order chi connectivity index (χ0) is 23.0. The Bertz CT molecular complexity index is 1140. The van der Waals surface area contributed by atoms with Gasteiger partial charge in [-0.2, -0.15) is 5.10 Å². The van der Waals surface area contributed by atoms with E-state index in [1.54, 1.807) is 7.11 Å². The average molecular weight is 437 g/mol. The van der Waals surface area contributed by atoms with E-state index in [0.717, 1.165) is 59.0 Å². The summed E-state index contributed by atoms with van der Waals surface area (Å²) in [5, 5.41) is 11.8. The largest absolute Gasteiger partial charge is 0.497 e. The van der Waals surface area contributed by atoms with Gasteiger partial charge in [-0.3, -0.25) is 9.48 Å². The van der Waals surface area contributed by atoms with Gasteiger partial charge in [0.15, 0.2) is 5.69 Å². The summed E-state index contributed by atoms with van der Waals surface area (Å²) in [4.78, 5) is 13.2. The summed E-state index contributed by atoms with van der Waals surface area (Å²) in [6.45, 7) is 11.2. The predicted molar refractivity (Wildman–Crippen MR) is 123 cm³/mol. The predicted octanol–water partition coefficient (Wildman–Crippen LogP) is 4.95. The topological polar surface area (TPSA) is 82.2 Å². The second kappa shape index (κ2) is 8.45. The number of aromatic nitrogens is 3. The number of amides is 1. The Hall–Kier alpha value is -3.09. The number of anilines is 1. The number of carbonyl (C=O) groups is 1. The Labute approximate surface area is 189 Å². The zero-order valence-electron chi connectivity index (χ0n) is 19.8. The Kier molecular flexibility index (Phi) is 5.84. The Morgan fingerprint density at radius 3 is 2.81 bits per heavy atom. The quantitative estimate of drug-likeness (QED) is 0.612. The van der Waals surface area contributed by atoms with Gasteiger partial charge in [-0.05, 0) is 55.7 Å². The molecule has 0 radical (unpaired) electrons. The van der Waals surface area contributed by atoms with E-state index >= 15 is 0 Å². The maximum Gasteiger partial charge on any atom is 0.278 e. The van der Waals surface area contributed by atoms with E-state index in [9.17, 15) is 4.79 Å². The van der Waals surface area contributed by atoms with Gasteiger partial charge < -0.3 is 14.6 Å². The van der Waals surface area contributed by atoms with Gasteiger partial charge in [-0.1, -0.05) is 38.1 Å². The molecule has 1 aliphatic rings. The summed E-state index contributed by atoms with van der Waals surface area (Å²) in [6.07, 6.45) is 2.70. The number of methoxy groups -OCH3 is 1. The summed E-state index contributed by atoms with van der Waals surface area (Å²) >= 11 is 0. The molecule has 0 fully saturated rings. The molecular weight excluding hydrogens is 404 g/mol. The first kappa shape index (κ1) is 22.1. The van der Waals surface area contributed by atoms with E-state index < -0.39 is 0 Å². The molecule has 4 rings (SSSR count). The highest BCUT2D eigenvalue weighted by molar-refractivity contribution is 6.04. The molecule has 32 heavy (non-hydrogen) atoms. The van der Waals surface area contributed by atoms with Gasteiger partial charge >= 0.3 is 0 Å². The molecule has 0 bridgehead atoms. The Morgan fingerprint density at radius 1 is 1.31 bits per heavy atom. The standard InChI is InChI=1S/C25H32N4O3/c1-15-22(16(2)29(27-15)14-17-8-7-9-19(12-17)31-6)26-24(30)23-20-13-18(25(3,4)5)10-11-21(20)32-28-23/h7-9,12,18H,10-11,13-14H2,1-6H3,(H,26,30). The van der Waals surface area contributed by atoms with Crippen molar-refractivity contribution in [2.45, 2.75) is 60.4 Å². The maximum atomic E-state index is 13.2. The lowest BCUT2D eigenvalue weighted by Gasteiger charge is -2.33. The van der Waals surface area contributed by atoms with Crippen molar-refractivity contribution >= 4 is 11.6 Å². The summed E-state index contributed by atoms with van der Waals surface area (Å²) in [7, 11) is 1.66. The summed E-state index contributed by atoms with van der Waals surface area (Å²) in [5.41, 5.74) is 4.98. The van der Waals surface area contributed by atoms with E-state index in [2.05, 4.69) is 36.3 Å². The van der Waals surface area contributed by atoms with Crippen LogP contribution in [0.2, 0.25) is 0 Å². The highest BCUT2D eigenvalue weighted by atomic mass is 16.5. The molecule has 3 aromatic rings. The Balaban J connectivity index is 1.54. The smallest absolute Gasteiger partial charge is 0.278 e. The van der Waals surface area contributed by atoms with Crippen LogP contribution in [0, 0.1) is 25.2 Å². The number of rotatable bonds is 5. The van der Waals surface area contributed by atoms with E-state index in [1.807, 2.05) is 42.8 Å². The normalized spacial score (nSPS) is 16.0. The van der Waals surface area contributed by atoms with Crippen molar-refractivity contribution in [1.29, 1.82) is 0 Å². The van der Waals surface area contributed by atoms with E-state index in [4.69, 9.17) is 9.26 Å². The lowest BCUT2D eigenvalue weighted by molar-refractivity contribution is 0.101. The van der Waals surface area contributed by atoms with Crippen LogP contribution in [0.5, 0.6) is 5.75 Å². The number of carbonyl (C=O) groups excluding carboxylic acids is 1. The fourth-order valence-electron chi connectivity index (χ4n) is 4.47. The number of nitrogens with zero attached hydrogens (tertiary/aromatic N) is 3. The zero-order valence-corrected chi connectivity index (χ0v) is 19.8. The molecule has 2 heterocycles. The van der Waals surface area contributed by atoms with Crippen LogP contribution in [0.25, 0.3) is 0 Å². The van der Waals surface area contributed by atoms with E-state index in [-0.39, 0.29) is 11.3 Å². The molecule has 0 aliphatic heterocycles. The molecule has 2 aromatic heterocycles. The number of ether oxygens (including phenoxy) is 1. The number of hydrogen-bond donors (Lipinski definition) is 1. The van der Waals surface area contributed by atoms with Crippen LogP contribution < -0.4 is 10.1 Å². The first-order chi connectivity index (χ1) is 15.2. The molecule has 1 amide bonds. The number of nitrogens with one attached hydrogen (secondary N) is 1. The molecule has 7 heteroatoms. The van der Waals surface area contributed by atoms with Crippen LogP contribution >= 0.6 is 0 Å². The second-order valence-corrected chi connectivity index (χ2v) is 9.75. The number of fused-ring (bicyclic) bond motifs is 1. The molecule has 1 atom stereocenters. The van der Waals surface area contributed by atoms with Crippen LogP contribution in [-0.2, 0) is 19.4 Å². The van der Waals surface area contributed by atoms with Gasteiger partial charge in [0.1, 0.15) is 11.5 Å². The van der Waals surface area contributed by atoms with Gasteiger partial charge in [-0.25, -0.2) is 0 Å². The first-order valence-corrected chi connectivity index (χ1v) is 11.1. The van der Waals surface area contributed by atoms with Crippen molar-refractivity contribution in [3.05, 3.63) is 58.2 Å². The minimum absolute atomic E-state index is 0.178. The molecule has 1 aromatic carbocycles. The van der Waals surface area contributed by atoms with Gasteiger partial charge in [-0.15, -0.1) is 0 Å². The Morgan fingerprint density at radius 2 is 2.09 bits per heavy atom. The average Bonchev–Trinajstić information content (AvgIpc) is 3.29. The number of aryl methyl sites for hydroxylation is 2. The van der Waals surface area contributed by atoms with Crippen LogP contribution in [0.15, 0.2) is 28.8 Å². The van der Waals surface area contributed by atoms with E-state index in [1.165, 1.54) is 0 Å². The summed E-state index contributed by atoms with van der Waals surface area (Å²) < 4.78 is 12.7. The van der Waals surface area contributed by atoms with Crippen molar-refractivity contribution in [3.63, 3.8) is 0 Å². The molecular formula is C25H32N4O3. The molecule has 1 aliphatic carbocycles. The number of hydrogen-bond acceptors (Lipinski definition) is 5. The SMILES string of the molecule is COc1cccc(Cn2nc(C)c(NC(=O)c3noc4c3CC(C(C)(C)C)CC4)c2C)c1. The maximum absolute atomic E-state index is 13.2.